The van der Waals surface area contributed by atoms with Gasteiger partial charge in [0.1, 0.15) is 0 Å². The summed E-state index contributed by atoms with van der Waals surface area (Å²) in [6, 6.07) is 0. The third-order valence-electron chi connectivity index (χ3n) is 3.64. The van der Waals surface area contributed by atoms with Gasteiger partial charge in [-0.1, -0.05) is 12.8 Å². The molecule has 2 aliphatic carbocycles. The second-order valence-corrected chi connectivity index (χ2v) is 7.20. The van der Waals surface area contributed by atoms with Crippen LogP contribution in [0.3, 0.4) is 0 Å². The highest BCUT2D eigenvalue weighted by molar-refractivity contribution is 7.94. The largest absolute Gasteiger partial charge is 0.465 e. The SMILES string of the molecule is CCOC(=O)C1(S(=O)(=O)C2CCCC2)CC1. The maximum atomic E-state index is 12.3. The summed E-state index contributed by atoms with van der Waals surface area (Å²) in [5.41, 5.74) is 0. The van der Waals surface area contributed by atoms with Gasteiger partial charge in [0.05, 0.1) is 11.9 Å². The van der Waals surface area contributed by atoms with Gasteiger partial charge in [0.15, 0.2) is 14.6 Å². The van der Waals surface area contributed by atoms with Gasteiger partial charge in [0.2, 0.25) is 0 Å². The maximum Gasteiger partial charge on any atom is 0.327 e. The Labute approximate surface area is 96.3 Å². The monoisotopic (exact) mass is 246 g/mol. The highest BCUT2D eigenvalue weighted by Gasteiger charge is 2.63. The van der Waals surface area contributed by atoms with Crippen LogP contribution in [0.2, 0.25) is 0 Å². The summed E-state index contributed by atoms with van der Waals surface area (Å²) in [5.74, 6) is -0.526. The molecule has 0 bridgehead atoms. The number of carbonyl (C=O) groups is 1. The summed E-state index contributed by atoms with van der Waals surface area (Å²) in [5, 5.41) is -0.306. The predicted octanol–water partition coefficient (Wildman–Crippen LogP) is 1.44. The molecule has 5 heteroatoms. The summed E-state index contributed by atoms with van der Waals surface area (Å²) in [6.45, 7) is 1.96. The van der Waals surface area contributed by atoms with Crippen molar-refractivity contribution in [3.05, 3.63) is 0 Å². The third-order valence-corrected chi connectivity index (χ3v) is 6.65. The van der Waals surface area contributed by atoms with E-state index >= 15 is 0 Å². The fourth-order valence-corrected chi connectivity index (χ4v) is 5.05. The van der Waals surface area contributed by atoms with Crippen molar-refractivity contribution in [1.29, 1.82) is 0 Å². The minimum atomic E-state index is -3.32. The van der Waals surface area contributed by atoms with Crippen LogP contribution in [0.1, 0.15) is 45.4 Å². The van der Waals surface area contributed by atoms with Gasteiger partial charge in [0.25, 0.3) is 0 Å². The molecule has 0 aromatic heterocycles. The Morgan fingerprint density at radius 2 is 1.88 bits per heavy atom. The summed E-state index contributed by atoms with van der Waals surface area (Å²) >= 11 is 0. The van der Waals surface area contributed by atoms with E-state index in [1.807, 2.05) is 0 Å². The van der Waals surface area contributed by atoms with Crippen LogP contribution in [0, 0.1) is 0 Å². The molecule has 2 aliphatic rings. The van der Waals surface area contributed by atoms with Crippen LogP contribution in [0.4, 0.5) is 0 Å². The summed E-state index contributed by atoms with van der Waals surface area (Å²) < 4.78 is 28.4. The van der Waals surface area contributed by atoms with Gasteiger partial charge in [-0.2, -0.15) is 0 Å². The van der Waals surface area contributed by atoms with Gasteiger partial charge in [-0.25, -0.2) is 8.42 Å². The fourth-order valence-electron chi connectivity index (χ4n) is 2.50. The van der Waals surface area contributed by atoms with E-state index in [4.69, 9.17) is 4.74 Å². The first-order valence-corrected chi connectivity index (χ1v) is 7.50. The van der Waals surface area contributed by atoms with Crippen molar-refractivity contribution in [2.24, 2.45) is 0 Å². The zero-order chi connectivity index (χ0) is 11.8. The molecule has 2 rings (SSSR count). The van der Waals surface area contributed by atoms with Gasteiger partial charge >= 0.3 is 5.97 Å². The lowest BCUT2D eigenvalue weighted by Crippen LogP contribution is -2.39. The molecular formula is C11H18O4S. The normalized spacial score (nSPS) is 24.3. The molecule has 0 N–H and O–H groups in total. The van der Waals surface area contributed by atoms with Gasteiger partial charge in [-0.05, 0) is 32.6 Å². The van der Waals surface area contributed by atoms with Gasteiger partial charge in [0, 0.05) is 0 Å². The zero-order valence-corrected chi connectivity index (χ0v) is 10.4. The summed E-state index contributed by atoms with van der Waals surface area (Å²) in [4.78, 5) is 11.7. The van der Waals surface area contributed by atoms with Crippen molar-refractivity contribution in [3.8, 4) is 0 Å². The minimum absolute atomic E-state index is 0.251. The lowest BCUT2D eigenvalue weighted by molar-refractivity contribution is -0.143. The van der Waals surface area contributed by atoms with E-state index in [2.05, 4.69) is 0 Å². The van der Waals surface area contributed by atoms with Crippen LogP contribution < -0.4 is 0 Å². The summed E-state index contributed by atoms with van der Waals surface area (Å²) in [6.07, 6.45) is 4.24. The number of ether oxygens (including phenoxy) is 1. The standard InChI is InChI=1S/C11H18O4S/c1-2-15-10(12)11(7-8-11)16(13,14)9-5-3-4-6-9/h9H,2-8H2,1H3. The second kappa shape index (κ2) is 4.02. The minimum Gasteiger partial charge on any atom is -0.465 e. The molecule has 0 spiro atoms. The average Bonchev–Trinajstić information content (AvgIpc) is 2.87. The smallest absolute Gasteiger partial charge is 0.327 e. The van der Waals surface area contributed by atoms with Crippen LogP contribution in [-0.4, -0.2) is 31.0 Å². The molecule has 0 heterocycles. The topological polar surface area (TPSA) is 60.4 Å². The fraction of sp³-hybridized carbons (Fsp3) is 0.909. The Kier molecular flexibility index (Phi) is 2.99. The summed E-state index contributed by atoms with van der Waals surface area (Å²) in [7, 11) is -3.32. The number of carbonyl (C=O) groups excluding carboxylic acids is 1. The predicted molar refractivity (Wildman–Crippen MR) is 59.8 cm³/mol. The quantitative estimate of drug-likeness (QED) is 0.704. The molecule has 2 fully saturated rings. The highest BCUT2D eigenvalue weighted by Crippen LogP contribution is 2.48. The van der Waals surface area contributed by atoms with E-state index in [9.17, 15) is 13.2 Å². The van der Waals surface area contributed by atoms with Crippen LogP contribution in [-0.2, 0) is 19.4 Å². The number of hydrogen-bond donors (Lipinski definition) is 0. The van der Waals surface area contributed by atoms with Crippen molar-refractivity contribution in [3.63, 3.8) is 0 Å². The molecule has 0 atom stereocenters. The average molecular weight is 246 g/mol. The van der Waals surface area contributed by atoms with E-state index in [1.165, 1.54) is 0 Å². The van der Waals surface area contributed by atoms with Gasteiger partial charge in [-0.3, -0.25) is 4.79 Å². The van der Waals surface area contributed by atoms with E-state index in [-0.39, 0.29) is 11.9 Å². The van der Waals surface area contributed by atoms with Crippen molar-refractivity contribution in [2.75, 3.05) is 6.61 Å². The number of sulfone groups is 1. The first-order chi connectivity index (χ1) is 7.54. The Morgan fingerprint density at radius 1 is 1.31 bits per heavy atom. The number of hydrogen-bond acceptors (Lipinski definition) is 4. The Balaban J connectivity index is 2.19. The second-order valence-electron chi connectivity index (χ2n) is 4.67. The Morgan fingerprint density at radius 3 is 2.31 bits per heavy atom. The molecule has 0 saturated heterocycles. The van der Waals surface area contributed by atoms with E-state index in [1.54, 1.807) is 6.92 Å². The molecule has 4 nitrogen and oxygen atoms in total. The maximum absolute atomic E-state index is 12.3. The zero-order valence-electron chi connectivity index (χ0n) is 9.57. The van der Waals surface area contributed by atoms with Crippen molar-refractivity contribution < 1.29 is 17.9 Å². The van der Waals surface area contributed by atoms with Crippen LogP contribution in [0.5, 0.6) is 0 Å². The highest BCUT2D eigenvalue weighted by atomic mass is 32.2. The van der Waals surface area contributed by atoms with E-state index < -0.39 is 20.6 Å². The molecule has 0 aromatic rings. The molecule has 92 valence electrons. The first kappa shape index (κ1) is 11.9. The third kappa shape index (κ3) is 1.65. The number of esters is 1. The van der Waals surface area contributed by atoms with Gasteiger partial charge in [-0.15, -0.1) is 0 Å². The van der Waals surface area contributed by atoms with Crippen LogP contribution in [0.25, 0.3) is 0 Å². The molecule has 0 unspecified atom stereocenters. The van der Waals surface area contributed by atoms with Crippen molar-refractivity contribution in [1.82, 2.24) is 0 Å². The first-order valence-electron chi connectivity index (χ1n) is 5.95. The lowest BCUT2D eigenvalue weighted by Gasteiger charge is -2.19. The van der Waals surface area contributed by atoms with Gasteiger partial charge < -0.3 is 4.74 Å². The molecule has 16 heavy (non-hydrogen) atoms. The molecule has 0 radical (unpaired) electrons. The van der Waals surface area contributed by atoms with E-state index in [0.29, 0.717) is 25.7 Å². The van der Waals surface area contributed by atoms with E-state index in [0.717, 1.165) is 12.8 Å². The molecule has 0 amide bonds. The number of rotatable bonds is 4. The van der Waals surface area contributed by atoms with Crippen LogP contribution >= 0.6 is 0 Å². The Hall–Kier alpha value is -0.580. The lowest BCUT2D eigenvalue weighted by atomic mass is 10.4. The Bertz CT molecular complexity index is 375. The van der Waals surface area contributed by atoms with Crippen molar-refractivity contribution in [2.45, 2.75) is 55.4 Å². The molecule has 0 aromatic carbocycles. The molecule has 0 aliphatic heterocycles. The van der Waals surface area contributed by atoms with Crippen molar-refractivity contribution >= 4 is 15.8 Å². The van der Waals surface area contributed by atoms with Crippen LogP contribution in [0.15, 0.2) is 0 Å². The molecular weight excluding hydrogens is 228 g/mol. The molecule has 2 saturated carbocycles.